The van der Waals surface area contributed by atoms with Crippen LogP contribution in [0.4, 0.5) is 11.4 Å². The number of halogens is 1. The van der Waals surface area contributed by atoms with Crippen molar-refractivity contribution < 1.29 is 4.92 Å². The van der Waals surface area contributed by atoms with Gasteiger partial charge in [0.15, 0.2) is 0 Å². The zero-order chi connectivity index (χ0) is 22.4. The van der Waals surface area contributed by atoms with Crippen LogP contribution in [0.1, 0.15) is 0 Å². The van der Waals surface area contributed by atoms with Gasteiger partial charge in [-0.15, -0.1) is 0 Å². The van der Waals surface area contributed by atoms with Crippen LogP contribution in [0.15, 0.2) is 58.3 Å². The maximum Gasteiger partial charge on any atom is 0.330 e. The number of nitrogens with one attached hydrogen (secondary N) is 1. The molecule has 0 radical (unpaired) electrons. The minimum absolute atomic E-state index is 0.101. The van der Waals surface area contributed by atoms with E-state index >= 15 is 0 Å². The number of nitro benzene ring substituents is 1. The average molecular weight is 440 g/mol. The summed E-state index contributed by atoms with van der Waals surface area (Å²) in [5.74, 6) is 0. The number of nitro groups is 1. The molecule has 0 aliphatic heterocycles. The summed E-state index contributed by atoms with van der Waals surface area (Å²) in [5, 5.41) is 15.3. The van der Waals surface area contributed by atoms with Crippen molar-refractivity contribution in [3.63, 3.8) is 0 Å². The first kappa shape index (κ1) is 20.4. The van der Waals surface area contributed by atoms with Gasteiger partial charge in [0.05, 0.1) is 32.9 Å². The molecular weight excluding hydrogens is 422 g/mol. The van der Waals surface area contributed by atoms with Gasteiger partial charge in [-0.05, 0) is 23.8 Å². The van der Waals surface area contributed by atoms with Crippen LogP contribution in [0.25, 0.3) is 27.8 Å². The van der Waals surface area contributed by atoms with Gasteiger partial charge in [0.25, 0.3) is 11.2 Å². The van der Waals surface area contributed by atoms with E-state index in [9.17, 15) is 19.7 Å². The van der Waals surface area contributed by atoms with E-state index < -0.39 is 16.2 Å². The van der Waals surface area contributed by atoms with E-state index in [1.54, 1.807) is 55.2 Å². The van der Waals surface area contributed by atoms with Crippen LogP contribution in [0, 0.1) is 10.1 Å². The smallest absolute Gasteiger partial charge is 0.330 e. The van der Waals surface area contributed by atoms with Crippen molar-refractivity contribution in [3.05, 3.63) is 84.6 Å². The molecule has 0 atom stereocenters. The fourth-order valence-electron chi connectivity index (χ4n) is 3.67. The maximum atomic E-state index is 13.1. The van der Waals surface area contributed by atoms with Gasteiger partial charge in [0.2, 0.25) is 0 Å². The Morgan fingerprint density at radius 3 is 2.32 bits per heavy atom. The quantitative estimate of drug-likeness (QED) is 0.388. The van der Waals surface area contributed by atoms with Crippen molar-refractivity contribution in [1.29, 1.82) is 0 Å². The van der Waals surface area contributed by atoms with Gasteiger partial charge < -0.3 is 9.88 Å². The maximum absolute atomic E-state index is 13.1. The molecule has 0 fully saturated rings. The fourth-order valence-corrected chi connectivity index (χ4v) is 3.79. The summed E-state index contributed by atoms with van der Waals surface area (Å²) in [6, 6.07) is 11.3. The van der Waals surface area contributed by atoms with Gasteiger partial charge in [-0.1, -0.05) is 23.7 Å². The van der Waals surface area contributed by atoms with E-state index in [0.29, 0.717) is 38.6 Å². The number of hydrogen-bond acceptors (Lipinski definition) is 5. The Hall–Kier alpha value is -3.85. The topological polar surface area (TPSA) is 104 Å². The molecule has 2 aromatic carbocycles. The number of non-ortho nitro benzene ring substituents is 1. The lowest BCUT2D eigenvalue weighted by Gasteiger charge is -2.14. The third-order valence-corrected chi connectivity index (χ3v) is 5.53. The molecule has 0 bridgehead atoms. The number of aryl methyl sites for hydroxylation is 1. The number of nitrogens with zero attached hydrogens (tertiary/aromatic N) is 4. The van der Waals surface area contributed by atoms with Crippen molar-refractivity contribution >= 4 is 33.9 Å². The first-order valence-electron chi connectivity index (χ1n) is 9.28. The SMILES string of the molecule is CNc1ccc([N+](=O)[O-])cc1-n1cc2c(c1-c1ccc(Cl)cc1)c(=O)n(C)c(=O)n2C. The Morgan fingerprint density at radius 2 is 1.71 bits per heavy atom. The second-order valence-corrected chi connectivity index (χ2v) is 7.47. The zero-order valence-corrected chi connectivity index (χ0v) is 17.7. The largest absolute Gasteiger partial charge is 0.386 e. The van der Waals surface area contributed by atoms with Crippen LogP contribution in [-0.4, -0.2) is 25.7 Å². The van der Waals surface area contributed by atoms with Gasteiger partial charge in [-0.3, -0.25) is 24.0 Å². The van der Waals surface area contributed by atoms with Crippen LogP contribution in [-0.2, 0) is 14.1 Å². The van der Waals surface area contributed by atoms with Crippen LogP contribution >= 0.6 is 11.6 Å². The van der Waals surface area contributed by atoms with E-state index in [-0.39, 0.29) is 5.69 Å². The number of anilines is 1. The average Bonchev–Trinajstić information content (AvgIpc) is 3.16. The molecule has 158 valence electrons. The summed E-state index contributed by atoms with van der Waals surface area (Å²) in [5.41, 5.74) is 1.63. The Bertz CT molecular complexity index is 1460. The summed E-state index contributed by atoms with van der Waals surface area (Å²) < 4.78 is 4.11. The van der Waals surface area contributed by atoms with Gasteiger partial charge in [-0.25, -0.2) is 4.79 Å². The number of rotatable bonds is 4. The van der Waals surface area contributed by atoms with Crippen LogP contribution in [0.2, 0.25) is 5.02 Å². The lowest BCUT2D eigenvalue weighted by molar-refractivity contribution is -0.384. The molecule has 0 aliphatic carbocycles. The Morgan fingerprint density at radius 1 is 1.03 bits per heavy atom. The van der Waals surface area contributed by atoms with Crippen molar-refractivity contribution in [2.45, 2.75) is 0 Å². The van der Waals surface area contributed by atoms with E-state index in [1.807, 2.05) is 0 Å². The van der Waals surface area contributed by atoms with Crippen LogP contribution in [0.3, 0.4) is 0 Å². The monoisotopic (exact) mass is 439 g/mol. The second kappa shape index (κ2) is 7.44. The molecule has 0 saturated heterocycles. The van der Waals surface area contributed by atoms with E-state index in [0.717, 1.165) is 4.57 Å². The predicted molar refractivity (Wildman–Crippen MR) is 120 cm³/mol. The van der Waals surface area contributed by atoms with Crippen molar-refractivity contribution in [2.24, 2.45) is 14.1 Å². The first-order chi connectivity index (χ1) is 14.7. The summed E-state index contributed by atoms with van der Waals surface area (Å²) in [4.78, 5) is 36.6. The third kappa shape index (κ3) is 3.19. The molecule has 2 aromatic heterocycles. The number of fused-ring (bicyclic) bond motifs is 1. The summed E-state index contributed by atoms with van der Waals surface area (Å²) in [6.07, 6.45) is 1.64. The Balaban J connectivity index is 2.22. The highest BCUT2D eigenvalue weighted by atomic mass is 35.5. The van der Waals surface area contributed by atoms with Gasteiger partial charge in [-0.2, -0.15) is 0 Å². The molecule has 0 aliphatic rings. The van der Waals surface area contributed by atoms with Crippen LogP contribution < -0.4 is 16.6 Å². The van der Waals surface area contributed by atoms with E-state index in [1.165, 1.54) is 23.7 Å². The molecule has 31 heavy (non-hydrogen) atoms. The van der Waals surface area contributed by atoms with Gasteiger partial charge in [0.1, 0.15) is 0 Å². The molecule has 0 spiro atoms. The number of aromatic nitrogens is 3. The normalized spacial score (nSPS) is 11.1. The highest BCUT2D eigenvalue weighted by Gasteiger charge is 2.22. The molecule has 1 N–H and O–H groups in total. The van der Waals surface area contributed by atoms with Crippen molar-refractivity contribution in [1.82, 2.24) is 13.7 Å². The Labute approximate surface area is 180 Å². The third-order valence-electron chi connectivity index (χ3n) is 5.28. The van der Waals surface area contributed by atoms with E-state index in [4.69, 9.17) is 11.6 Å². The highest BCUT2D eigenvalue weighted by Crippen LogP contribution is 2.35. The van der Waals surface area contributed by atoms with Gasteiger partial charge in [0, 0.05) is 44.5 Å². The lowest BCUT2D eigenvalue weighted by atomic mass is 10.1. The summed E-state index contributed by atoms with van der Waals surface area (Å²) in [7, 11) is 4.69. The zero-order valence-electron chi connectivity index (χ0n) is 16.9. The molecule has 0 amide bonds. The van der Waals surface area contributed by atoms with Crippen LogP contribution in [0.5, 0.6) is 0 Å². The number of benzene rings is 2. The highest BCUT2D eigenvalue weighted by molar-refractivity contribution is 6.30. The molecule has 0 unspecified atom stereocenters. The summed E-state index contributed by atoms with van der Waals surface area (Å²) >= 11 is 6.05. The molecule has 2 heterocycles. The standard InChI is InChI=1S/C21H18ClN5O4/c1-23-15-9-8-14(27(30)31)10-16(15)26-11-17-18(20(28)25(3)21(29)24(17)2)19(26)12-4-6-13(22)7-5-12/h4-11,23H,1-3H3. The molecule has 10 heteroatoms. The Kier molecular flexibility index (Phi) is 4.90. The second-order valence-electron chi connectivity index (χ2n) is 7.03. The number of hydrogen-bond donors (Lipinski definition) is 1. The molecule has 0 saturated carbocycles. The van der Waals surface area contributed by atoms with Crippen molar-refractivity contribution in [2.75, 3.05) is 12.4 Å². The minimum atomic E-state index is -0.483. The molecule has 4 rings (SSSR count). The first-order valence-corrected chi connectivity index (χ1v) is 9.66. The molecule has 4 aromatic rings. The lowest BCUT2D eigenvalue weighted by Crippen LogP contribution is -2.36. The van der Waals surface area contributed by atoms with Gasteiger partial charge >= 0.3 is 5.69 Å². The fraction of sp³-hybridized carbons (Fsp3) is 0.143. The molecular formula is C21H18ClN5O4. The summed E-state index contributed by atoms with van der Waals surface area (Å²) in [6.45, 7) is 0. The van der Waals surface area contributed by atoms with E-state index in [2.05, 4.69) is 5.32 Å². The minimum Gasteiger partial charge on any atom is -0.386 e. The van der Waals surface area contributed by atoms with Crippen molar-refractivity contribution in [3.8, 4) is 16.9 Å². The molecule has 9 nitrogen and oxygen atoms in total. The predicted octanol–water partition coefficient (Wildman–Crippen LogP) is 3.30.